The van der Waals surface area contributed by atoms with Crippen LogP contribution >= 0.6 is 27.3 Å². The Morgan fingerprint density at radius 3 is 2.86 bits per heavy atom. The molecule has 0 radical (unpaired) electrons. The molecule has 3 aromatic heterocycles. The fraction of sp³-hybridized carbons (Fsp3) is 0.167. The zero-order chi connectivity index (χ0) is 20.0. The summed E-state index contributed by atoms with van der Waals surface area (Å²) in [7, 11) is 1.89. The standard InChI is InChI=1S/C18H15BrN8OS/c1-10-7-13(15-11(19)8-21-26(15)2)22-16(27(10)18-25-20-9-29-18)24-17-23-12-5-3-4-6-14(12)28-17/h3-9,13H,1-2H3,(H,22,23,24). The third-order valence-corrected chi connectivity index (χ3v) is 5.78. The lowest BCUT2D eigenvalue weighted by molar-refractivity contribution is 0.622. The van der Waals surface area contributed by atoms with Gasteiger partial charge in [0.2, 0.25) is 11.1 Å². The van der Waals surface area contributed by atoms with Gasteiger partial charge < -0.3 is 4.42 Å². The number of benzene rings is 1. The highest BCUT2D eigenvalue weighted by Gasteiger charge is 2.29. The van der Waals surface area contributed by atoms with Crippen LogP contribution in [0.25, 0.3) is 11.1 Å². The number of allylic oxidation sites excluding steroid dienone is 1. The Balaban J connectivity index is 1.58. The van der Waals surface area contributed by atoms with Gasteiger partial charge in [-0.2, -0.15) is 10.1 Å². The van der Waals surface area contributed by atoms with Gasteiger partial charge >= 0.3 is 6.01 Å². The van der Waals surface area contributed by atoms with Gasteiger partial charge in [0, 0.05) is 12.7 Å². The fourth-order valence-corrected chi connectivity index (χ4v) is 4.41. The fourth-order valence-electron chi connectivity index (χ4n) is 3.21. The molecule has 9 nitrogen and oxygen atoms in total. The zero-order valence-electron chi connectivity index (χ0n) is 15.4. The molecule has 0 saturated heterocycles. The van der Waals surface area contributed by atoms with Crippen LogP contribution in [0.1, 0.15) is 18.7 Å². The molecule has 0 spiro atoms. The van der Waals surface area contributed by atoms with E-state index in [9.17, 15) is 0 Å². The molecule has 146 valence electrons. The summed E-state index contributed by atoms with van der Waals surface area (Å²) < 4.78 is 8.53. The van der Waals surface area contributed by atoms with E-state index >= 15 is 0 Å². The maximum Gasteiger partial charge on any atom is 0.302 e. The molecule has 4 aromatic rings. The van der Waals surface area contributed by atoms with E-state index in [1.165, 1.54) is 11.3 Å². The number of nitrogens with zero attached hydrogens (tertiary/aromatic N) is 7. The molecule has 1 aromatic carbocycles. The van der Waals surface area contributed by atoms with E-state index in [0.717, 1.165) is 21.4 Å². The van der Waals surface area contributed by atoms with Gasteiger partial charge in [-0.05, 0) is 41.1 Å². The summed E-state index contributed by atoms with van der Waals surface area (Å²) in [6, 6.07) is 7.72. The van der Waals surface area contributed by atoms with E-state index in [2.05, 4.69) is 47.6 Å². The number of aryl methyl sites for hydroxylation is 1. The van der Waals surface area contributed by atoms with Crippen molar-refractivity contribution < 1.29 is 4.42 Å². The largest absolute Gasteiger partial charge is 0.423 e. The van der Waals surface area contributed by atoms with Crippen molar-refractivity contribution in [1.29, 1.82) is 0 Å². The Morgan fingerprint density at radius 2 is 2.14 bits per heavy atom. The van der Waals surface area contributed by atoms with Crippen molar-refractivity contribution >= 4 is 55.5 Å². The quantitative estimate of drug-likeness (QED) is 0.480. The first-order valence-electron chi connectivity index (χ1n) is 8.72. The van der Waals surface area contributed by atoms with Crippen LogP contribution in [0.2, 0.25) is 0 Å². The summed E-state index contributed by atoms with van der Waals surface area (Å²) in [6.45, 7) is 2.00. The van der Waals surface area contributed by atoms with Gasteiger partial charge in [-0.15, -0.1) is 10.2 Å². The number of fused-ring (bicyclic) bond motifs is 1. The molecule has 1 unspecified atom stereocenters. The summed E-state index contributed by atoms with van der Waals surface area (Å²) in [5.41, 5.74) is 5.05. The lowest BCUT2D eigenvalue weighted by Crippen LogP contribution is -2.38. The lowest BCUT2D eigenvalue weighted by atomic mass is 10.1. The van der Waals surface area contributed by atoms with Crippen LogP contribution in [-0.4, -0.2) is 30.9 Å². The maximum atomic E-state index is 5.84. The maximum absolute atomic E-state index is 5.84. The van der Waals surface area contributed by atoms with E-state index in [4.69, 9.17) is 9.41 Å². The first kappa shape index (κ1) is 18.0. The highest BCUT2D eigenvalue weighted by molar-refractivity contribution is 9.10. The van der Waals surface area contributed by atoms with Crippen molar-refractivity contribution in [2.75, 3.05) is 10.2 Å². The number of anilines is 2. The Labute approximate surface area is 177 Å². The van der Waals surface area contributed by atoms with Crippen LogP contribution in [0.3, 0.4) is 0 Å². The van der Waals surface area contributed by atoms with Gasteiger partial charge in [0.15, 0.2) is 5.58 Å². The van der Waals surface area contributed by atoms with Crippen molar-refractivity contribution in [3.63, 3.8) is 0 Å². The number of hydrogen-bond donors (Lipinski definition) is 1. The second-order valence-electron chi connectivity index (χ2n) is 6.38. The van der Waals surface area contributed by atoms with Crippen LogP contribution in [0.4, 0.5) is 11.1 Å². The van der Waals surface area contributed by atoms with Crippen molar-refractivity contribution in [1.82, 2.24) is 25.0 Å². The Hall–Kier alpha value is -3.05. The van der Waals surface area contributed by atoms with Crippen LogP contribution in [0.15, 0.2) is 61.6 Å². The van der Waals surface area contributed by atoms with Crippen LogP contribution < -0.4 is 10.2 Å². The number of hydrogen-bond acceptors (Lipinski definition) is 9. The number of halogens is 1. The predicted octanol–water partition coefficient (Wildman–Crippen LogP) is 4.11. The minimum Gasteiger partial charge on any atom is -0.423 e. The van der Waals surface area contributed by atoms with E-state index in [1.807, 2.05) is 43.1 Å². The molecule has 0 bridgehead atoms. The van der Waals surface area contributed by atoms with Crippen molar-refractivity contribution in [3.8, 4) is 0 Å². The van der Waals surface area contributed by atoms with Gasteiger partial charge in [0.25, 0.3) is 0 Å². The Kier molecular flexibility index (Phi) is 4.40. The molecule has 1 N–H and O–H groups in total. The smallest absolute Gasteiger partial charge is 0.302 e. The first-order chi connectivity index (χ1) is 14.1. The molecule has 0 fully saturated rings. The summed E-state index contributed by atoms with van der Waals surface area (Å²) in [5.74, 6) is 0.548. The van der Waals surface area contributed by atoms with Gasteiger partial charge in [0.05, 0.1) is 16.4 Å². The minimum absolute atomic E-state index is 0.243. The SMILES string of the molecule is CC1=CC(c2c(Br)cnn2C)N=C(Nc2nc3ccccc3o2)N1c1nncs1. The normalized spacial score (nSPS) is 16.8. The van der Waals surface area contributed by atoms with Crippen molar-refractivity contribution in [3.05, 3.63) is 57.9 Å². The zero-order valence-corrected chi connectivity index (χ0v) is 17.8. The second kappa shape index (κ2) is 7.08. The number of aliphatic imine (C=N–C) groups is 1. The molecule has 1 aliphatic rings. The predicted molar refractivity (Wildman–Crippen MR) is 115 cm³/mol. The minimum atomic E-state index is -0.243. The van der Waals surface area contributed by atoms with Crippen molar-refractivity contribution in [2.24, 2.45) is 12.0 Å². The van der Waals surface area contributed by atoms with Crippen LogP contribution in [0, 0.1) is 0 Å². The Bertz CT molecular complexity index is 1190. The molecule has 1 atom stereocenters. The lowest BCUT2D eigenvalue weighted by Gasteiger charge is -2.29. The van der Waals surface area contributed by atoms with Crippen molar-refractivity contribution in [2.45, 2.75) is 13.0 Å². The van der Waals surface area contributed by atoms with Crippen LogP contribution in [-0.2, 0) is 7.05 Å². The third-order valence-electron chi connectivity index (χ3n) is 4.50. The number of nitrogens with one attached hydrogen (secondary N) is 1. The molecule has 1 aliphatic heterocycles. The van der Waals surface area contributed by atoms with Gasteiger partial charge in [-0.25, -0.2) is 4.99 Å². The van der Waals surface area contributed by atoms with E-state index < -0.39 is 0 Å². The highest BCUT2D eigenvalue weighted by Crippen LogP contribution is 2.34. The van der Waals surface area contributed by atoms with Crippen LogP contribution in [0.5, 0.6) is 0 Å². The summed E-state index contributed by atoms with van der Waals surface area (Å²) >= 11 is 4.99. The monoisotopic (exact) mass is 470 g/mol. The molecule has 29 heavy (non-hydrogen) atoms. The third kappa shape index (κ3) is 3.21. The Morgan fingerprint density at radius 1 is 1.28 bits per heavy atom. The first-order valence-corrected chi connectivity index (χ1v) is 10.4. The topological polar surface area (TPSA) is 97.3 Å². The summed E-state index contributed by atoms with van der Waals surface area (Å²) in [5, 5.41) is 16.4. The molecular formula is C18H15BrN8OS. The number of guanidine groups is 1. The molecule has 5 rings (SSSR count). The number of aromatic nitrogens is 5. The van der Waals surface area contributed by atoms with E-state index in [1.54, 1.807) is 16.4 Å². The molecule has 0 saturated carbocycles. The number of rotatable bonds is 3. The molecular weight excluding hydrogens is 456 g/mol. The molecule has 0 aliphatic carbocycles. The average Bonchev–Trinajstić information content (AvgIpc) is 3.41. The second-order valence-corrected chi connectivity index (χ2v) is 8.04. The van der Waals surface area contributed by atoms with Gasteiger partial charge in [0.1, 0.15) is 17.1 Å². The van der Waals surface area contributed by atoms with Gasteiger partial charge in [-0.1, -0.05) is 23.5 Å². The summed E-state index contributed by atoms with van der Waals surface area (Å²) in [6.07, 6.45) is 3.82. The van der Waals surface area contributed by atoms with E-state index in [0.29, 0.717) is 22.7 Å². The summed E-state index contributed by atoms with van der Waals surface area (Å²) in [4.78, 5) is 11.3. The van der Waals surface area contributed by atoms with Gasteiger partial charge in [-0.3, -0.25) is 14.9 Å². The molecule has 4 heterocycles. The van der Waals surface area contributed by atoms with E-state index in [-0.39, 0.29) is 6.04 Å². The molecule has 11 heteroatoms. The number of para-hydroxylation sites is 2. The highest BCUT2D eigenvalue weighted by atomic mass is 79.9. The molecule has 0 amide bonds. The number of oxazole rings is 1. The average molecular weight is 471 g/mol.